The Balaban J connectivity index is 0.00000225. The van der Waals surface area contributed by atoms with Crippen molar-refractivity contribution in [2.75, 3.05) is 21.1 Å². The molecule has 132 valence electrons. The molecule has 2 heterocycles. The second-order valence-corrected chi connectivity index (χ2v) is 7.67. The average Bonchev–Trinajstić information content (AvgIpc) is 3.17. The molecule has 0 bridgehead atoms. The highest BCUT2D eigenvalue weighted by Crippen LogP contribution is 2.27. The fraction of sp³-hybridized carbons (Fsp3) is 0.211. The quantitative estimate of drug-likeness (QED) is 0.196. The molecular formula is C19H22IN3OS. The largest absolute Gasteiger partial charge is 1.00 e. The standard InChI is InChI=1S/C19H21N3OS.HI/c1-22(2,3)14-16-10-7-12-21(16)19-17(11-13-24-19)18(20-23)15-8-5-4-6-9-15;/h4-13H,14H2,1-3H3;1H/b20-18-;. The Hall–Kier alpha value is -1.64. The maximum absolute atomic E-state index is 9.61. The van der Waals surface area contributed by atoms with Gasteiger partial charge < -0.3 is 38.2 Å². The lowest BCUT2D eigenvalue weighted by molar-refractivity contribution is -0.884. The minimum Gasteiger partial charge on any atom is -1.00 e. The molecule has 0 saturated carbocycles. The number of quaternary nitrogens is 1. The third-order valence-electron chi connectivity index (χ3n) is 3.74. The molecule has 0 aliphatic heterocycles. The first-order chi connectivity index (χ1) is 11.5. The van der Waals surface area contributed by atoms with Crippen LogP contribution in [0.4, 0.5) is 0 Å². The first-order valence-electron chi connectivity index (χ1n) is 7.82. The monoisotopic (exact) mass is 467 g/mol. The third kappa shape index (κ3) is 4.50. The third-order valence-corrected chi connectivity index (χ3v) is 4.65. The van der Waals surface area contributed by atoms with Crippen LogP contribution in [0.5, 0.6) is 0 Å². The Kier molecular flexibility index (Phi) is 6.42. The molecule has 1 aromatic carbocycles. The first-order valence-corrected chi connectivity index (χ1v) is 8.70. The molecule has 0 saturated heterocycles. The van der Waals surface area contributed by atoms with E-state index in [2.05, 4.69) is 49.2 Å². The molecule has 2 aromatic heterocycles. The van der Waals surface area contributed by atoms with Gasteiger partial charge in [0.05, 0.1) is 26.8 Å². The van der Waals surface area contributed by atoms with Crippen LogP contribution in [-0.4, -0.2) is 41.1 Å². The molecule has 6 heteroatoms. The lowest BCUT2D eigenvalue weighted by atomic mass is 10.0. The van der Waals surface area contributed by atoms with E-state index in [0.29, 0.717) is 5.71 Å². The number of hydrogen-bond acceptors (Lipinski definition) is 3. The highest BCUT2D eigenvalue weighted by atomic mass is 127. The van der Waals surface area contributed by atoms with Gasteiger partial charge in [0.25, 0.3) is 0 Å². The summed E-state index contributed by atoms with van der Waals surface area (Å²) >= 11 is 1.65. The van der Waals surface area contributed by atoms with E-state index in [-0.39, 0.29) is 24.0 Å². The highest BCUT2D eigenvalue weighted by Gasteiger charge is 2.19. The van der Waals surface area contributed by atoms with Crippen molar-refractivity contribution in [2.45, 2.75) is 6.54 Å². The molecule has 0 aliphatic carbocycles. The van der Waals surface area contributed by atoms with Gasteiger partial charge in [-0.25, -0.2) is 0 Å². The maximum Gasteiger partial charge on any atom is 0.120 e. The predicted octanol–water partition coefficient (Wildman–Crippen LogP) is 0.976. The Morgan fingerprint density at radius 1 is 1.08 bits per heavy atom. The number of benzene rings is 1. The molecule has 0 aliphatic rings. The molecule has 4 nitrogen and oxygen atoms in total. The van der Waals surface area contributed by atoms with E-state index in [1.807, 2.05) is 41.8 Å². The zero-order valence-electron chi connectivity index (χ0n) is 14.6. The summed E-state index contributed by atoms with van der Waals surface area (Å²) in [5.74, 6) is 0. The van der Waals surface area contributed by atoms with E-state index in [1.165, 1.54) is 5.69 Å². The van der Waals surface area contributed by atoms with E-state index >= 15 is 0 Å². The molecule has 0 spiro atoms. The zero-order valence-corrected chi connectivity index (χ0v) is 17.5. The molecule has 0 atom stereocenters. The van der Waals surface area contributed by atoms with Gasteiger partial charge in [0, 0.05) is 17.3 Å². The van der Waals surface area contributed by atoms with Crippen LogP contribution in [0.1, 0.15) is 16.8 Å². The van der Waals surface area contributed by atoms with Crippen LogP contribution in [-0.2, 0) is 6.54 Å². The van der Waals surface area contributed by atoms with Gasteiger partial charge in [-0.05, 0) is 23.6 Å². The smallest absolute Gasteiger partial charge is 0.120 e. The normalized spacial score (nSPS) is 12.0. The number of rotatable bonds is 5. The van der Waals surface area contributed by atoms with Crippen LogP contribution < -0.4 is 24.0 Å². The van der Waals surface area contributed by atoms with E-state index in [9.17, 15) is 5.21 Å². The zero-order chi connectivity index (χ0) is 17.2. The minimum atomic E-state index is 0. The van der Waals surface area contributed by atoms with Crippen molar-refractivity contribution in [3.8, 4) is 5.00 Å². The minimum absolute atomic E-state index is 0. The molecule has 0 fully saturated rings. The van der Waals surface area contributed by atoms with Crippen LogP contribution in [0.3, 0.4) is 0 Å². The van der Waals surface area contributed by atoms with Gasteiger partial charge in [-0.2, -0.15) is 0 Å². The number of halogens is 1. The van der Waals surface area contributed by atoms with Gasteiger partial charge >= 0.3 is 0 Å². The fourth-order valence-electron chi connectivity index (χ4n) is 2.76. The second-order valence-electron chi connectivity index (χ2n) is 6.77. The van der Waals surface area contributed by atoms with Crippen LogP contribution >= 0.6 is 11.3 Å². The summed E-state index contributed by atoms with van der Waals surface area (Å²) in [4.78, 5) is 0. The summed E-state index contributed by atoms with van der Waals surface area (Å²) in [6.07, 6.45) is 2.07. The van der Waals surface area contributed by atoms with Crippen LogP contribution in [0.2, 0.25) is 0 Å². The van der Waals surface area contributed by atoms with Crippen molar-refractivity contribution in [2.24, 2.45) is 5.16 Å². The van der Waals surface area contributed by atoms with E-state index in [1.54, 1.807) is 11.3 Å². The molecular weight excluding hydrogens is 445 g/mol. The topological polar surface area (TPSA) is 37.5 Å². The lowest BCUT2D eigenvalue weighted by Crippen LogP contribution is -3.00. The van der Waals surface area contributed by atoms with Crippen molar-refractivity contribution >= 4 is 17.0 Å². The highest BCUT2D eigenvalue weighted by molar-refractivity contribution is 7.13. The molecule has 0 radical (unpaired) electrons. The van der Waals surface area contributed by atoms with Crippen molar-refractivity contribution in [3.63, 3.8) is 0 Å². The predicted molar refractivity (Wildman–Crippen MR) is 99.2 cm³/mol. The Morgan fingerprint density at radius 2 is 1.80 bits per heavy atom. The van der Waals surface area contributed by atoms with Crippen molar-refractivity contribution in [1.29, 1.82) is 0 Å². The average molecular weight is 467 g/mol. The van der Waals surface area contributed by atoms with Crippen LogP contribution in [0, 0.1) is 0 Å². The van der Waals surface area contributed by atoms with Crippen molar-refractivity contribution in [1.82, 2.24) is 4.57 Å². The summed E-state index contributed by atoms with van der Waals surface area (Å²) < 4.78 is 3.04. The Labute approximate surface area is 169 Å². The summed E-state index contributed by atoms with van der Waals surface area (Å²) in [6.45, 7) is 0.918. The summed E-state index contributed by atoms with van der Waals surface area (Å²) in [7, 11) is 6.53. The van der Waals surface area contributed by atoms with Gasteiger partial charge in [0.2, 0.25) is 0 Å². The van der Waals surface area contributed by atoms with Gasteiger partial charge in [-0.15, -0.1) is 11.3 Å². The summed E-state index contributed by atoms with van der Waals surface area (Å²) in [5.41, 5.74) is 3.67. The SMILES string of the molecule is C[N+](C)(C)Cc1cccn1-c1sccc1/C(=N\O)c1ccccc1.[I-]. The second kappa shape index (κ2) is 8.16. The van der Waals surface area contributed by atoms with E-state index < -0.39 is 0 Å². The fourth-order valence-corrected chi connectivity index (χ4v) is 3.68. The number of nitrogens with zero attached hydrogens (tertiary/aromatic N) is 3. The number of thiophene rings is 1. The molecule has 1 N–H and O–H groups in total. The molecule has 3 aromatic rings. The van der Waals surface area contributed by atoms with Crippen molar-refractivity contribution < 1.29 is 33.7 Å². The van der Waals surface area contributed by atoms with Crippen LogP contribution in [0.15, 0.2) is 65.3 Å². The number of hydrogen-bond donors (Lipinski definition) is 1. The Bertz CT molecular complexity index is 847. The molecule has 0 unspecified atom stereocenters. The number of oxime groups is 1. The molecule has 3 rings (SSSR count). The summed E-state index contributed by atoms with van der Waals surface area (Å²) in [5, 5.41) is 16.3. The van der Waals surface area contributed by atoms with E-state index in [4.69, 9.17) is 0 Å². The maximum atomic E-state index is 9.61. The molecule has 25 heavy (non-hydrogen) atoms. The Morgan fingerprint density at radius 3 is 2.44 bits per heavy atom. The lowest BCUT2D eigenvalue weighted by Gasteiger charge is -2.24. The first kappa shape index (κ1) is 19.7. The van der Waals surface area contributed by atoms with Gasteiger partial charge in [0.15, 0.2) is 0 Å². The van der Waals surface area contributed by atoms with Crippen molar-refractivity contribution in [3.05, 3.63) is 76.9 Å². The van der Waals surface area contributed by atoms with Gasteiger partial charge in [-0.1, -0.05) is 35.5 Å². The van der Waals surface area contributed by atoms with E-state index in [0.717, 1.165) is 27.2 Å². The molecule has 0 amide bonds. The van der Waals surface area contributed by atoms with Gasteiger partial charge in [-0.3, -0.25) is 0 Å². The number of aromatic nitrogens is 1. The summed E-state index contributed by atoms with van der Waals surface area (Å²) in [6, 6.07) is 16.0. The van der Waals surface area contributed by atoms with Crippen LogP contribution in [0.25, 0.3) is 5.00 Å². The van der Waals surface area contributed by atoms with Gasteiger partial charge in [0.1, 0.15) is 17.3 Å².